The average molecular weight is 786 g/mol. The molecule has 0 aromatic heterocycles. The van der Waals surface area contributed by atoms with Gasteiger partial charge in [0.25, 0.3) is 0 Å². The number of unbranched alkanes of at least 4 members (excludes halogenated alkanes) is 25. The van der Waals surface area contributed by atoms with Crippen LogP contribution in [0.15, 0.2) is 24.3 Å². The van der Waals surface area contributed by atoms with E-state index in [-0.39, 0.29) is 38.6 Å². The first kappa shape index (κ1) is 52.5. The Morgan fingerprint density at radius 2 is 0.963 bits per heavy atom. The van der Waals surface area contributed by atoms with Gasteiger partial charge in [-0.3, -0.25) is 18.6 Å². The lowest BCUT2D eigenvalue weighted by molar-refractivity contribution is -0.161. The minimum atomic E-state index is -4.38. The topological polar surface area (TPSA) is 134 Å². The molecule has 54 heavy (non-hydrogen) atoms. The minimum absolute atomic E-state index is 0.0536. The van der Waals surface area contributed by atoms with E-state index in [0.717, 1.165) is 51.4 Å². The summed E-state index contributed by atoms with van der Waals surface area (Å²) in [7, 11) is -4.38. The van der Waals surface area contributed by atoms with E-state index >= 15 is 0 Å². The molecule has 2 atom stereocenters. The molecule has 0 saturated carbocycles. The van der Waals surface area contributed by atoms with Gasteiger partial charge in [-0.25, -0.2) is 4.57 Å². The molecular weight excluding hydrogens is 701 g/mol. The van der Waals surface area contributed by atoms with Crippen molar-refractivity contribution in [3.05, 3.63) is 24.3 Å². The van der Waals surface area contributed by atoms with Crippen molar-refractivity contribution in [3.63, 3.8) is 0 Å². The minimum Gasteiger partial charge on any atom is -0.462 e. The highest BCUT2D eigenvalue weighted by molar-refractivity contribution is 7.47. The molecule has 10 heteroatoms. The zero-order valence-corrected chi connectivity index (χ0v) is 35.9. The normalized spacial score (nSPS) is 13.5. The molecule has 0 rings (SSSR count). The Morgan fingerprint density at radius 3 is 1.44 bits per heavy atom. The van der Waals surface area contributed by atoms with Crippen LogP contribution in [0.1, 0.15) is 213 Å². The summed E-state index contributed by atoms with van der Waals surface area (Å²) in [5, 5.41) is 0. The van der Waals surface area contributed by atoms with Crippen LogP contribution in [0, 0.1) is 0 Å². The van der Waals surface area contributed by atoms with Gasteiger partial charge in [0.15, 0.2) is 6.10 Å². The second-order valence-corrected chi connectivity index (χ2v) is 16.4. The van der Waals surface area contributed by atoms with Crippen LogP contribution >= 0.6 is 7.82 Å². The highest BCUT2D eigenvalue weighted by Crippen LogP contribution is 2.43. The molecule has 0 aromatic carbocycles. The molecule has 0 radical (unpaired) electrons. The third-order valence-electron chi connectivity index (χ3n) is 9.59. The smallest absolute Gasteiger partial charge is 0.462 e. The van der Waals surface area contributed by atoms with Crippen LogP contribution in [0.2, 0.25) is 0 Å². The lowest BCUT2D eigenvalue weighted by atomic mass is 10.0. The van der Waals surface area contributed by atoms with Crippen LogP contribution in [0.3, 0.4) is 0 Å². The Balaban J connectivity index is 4.13. The standard InChI is InChI=1S/C44H84NO8P/c1-3-5-7-9-11-13-15-17-19-21-23-25-27-29-31-33-35-37-44(47)53-42(41-52-54(48,49)51-39-38-45)40-50-43(46)36-34-32-30-28-26-24-22-20-18-16-14-12-10-8-6-4-2/h11,13,17,19,42H,3-10,12,14-16,18,20-41,45H2,1-2H3,(H,48,49)/b13-11+,19-17+/t42-/m1/s1. The molecule has 318 valence electrons. The number of phosphoric acid groups is 1. The van der Waals surface area contributed by atoms with E-state index in [1.165, 1.54) is 128 Å². The maximum absolute atomic E-state index is 12.6. The summed E-state index contributed by atoms with van der Waals surface area (Å²) in [6.45, 7) is 3.72. The Bertz CT molecular complexity index is 944. The summed E-state index contributed by atoms with van der Waals surface area (Å²) >= 11 is 0. The van der Waals surface area contributed by atoms with Gasteiger partial charge < -0.3 is 20.1 Å². The van der Waals surface area contributed by atoms with Gasteiger partial charge in [-0.05, 0) is 44.9 Å². The Kier molecular flexibility index (Phi) is 40.0. The molecule has 0 aromatic rings. The van der Waals surface area contributed by atoms with E-state index < -0.39 is 26.5 Å². The van der Waals surface area contributed by atoms with E-state index in [2.05, 4.69) is 38.2 Å². The Morgan fingerprint density at radius 1 is 0.556 bits per heavy atom. The number of ether oxygens (including phenoxy) is 2. The molecule has 0 amide bonds. The van der Waals surface area contributed by atoms with E-state index in [9.17, 15) is 19.0 Å². The molecule has 0 bridgehead atoms. The van der Waals surface area contributed by atoms with Crippen LogP contribution < -0.4 is 5.73 Å². The quantitative estimate of drug-likeness (QED) is 0.0268. The van der Waals surface area contributed by atoms with Crippen molar-refractivity contribution < 1.29 is 37.6 Å². The van der Waals surface area contributed by atoms with Gasteiger partial charge in [0.1, 0.15) is 6.61 Å². The summed E-state index contributed by atoms with van der Waals surface area (Å²) in [5.41, 5.74) is 5.35. The first-order valence-electron chi connectivity index (χ1n) is 22.3. The highest BCUT2D eigenvalue weighted by Gasteiger charge is 2.26. The molecule has 0 aliphatic carbocycles. The molecular formula is C44H84NO8P. The predicted octanol–water partition coefficient (Wildman–Crippen LogP) is 12.8. The van der Waals surface area contributed by atoms with Gasteiger partial charge >= 0.3 is 19.8 Å². The molecule has 0 aliphatic heterocycles. The molecule has 0 spiro atoms. The number of allylic oxidation sites excluding steroid dienone is 4. The second-order valence-electron chi connectivity index (χ2n) is 14.9. The predicted molar refractivity (Wildman–Crippen MR) is 224 cm³/mol. The fourth-order valence-electron chi connectivity index (χ4n) is 6.25. The second kappa shape index (κ2) is 41.1. The van der Waals surface area contributed by atoms with Gasteiger partial charge in [-0.15, -0.1) is 0 Å². The van der Waals surface area contributed by atoms with Crippen molar-refractivity contribution in [3.8, 4) is 0 Å². The number of phosphoric ester groups is 1. The molecule has 0 heterocycles. The average Bonchev–Trinajstić information content (AvgIpc) is 3.16. The van der Waals surface area contributed by atoms with Crippen LogP contribution in [-0.4, -0.2) is 49.3 Å². The molecule has 0 aliphatic rings. The first-order chi connectivity index (χ1) is 26.3. The number of hydrogen-bond donors (Lipinski definition) is 2. The van der Waals surface area contributed by atoms with E-state index in [1.807, 2.05) is 0 Å². The fraction of sp³-hybridized carbons (Fsp3) is 0.864. The number of rotatable bonds is 42. The highest BCUT2D eigenvalue weighted by atomic mass is 31.2. The molecule has 9 nitrogen and oxygen atoms in total. The maximum Gasteiger partial charge on any atom is 0.472 e. The van der Waals surface area contributed by atoms with Crippen molar-refractivity contribution in [2.75, 3.05) is 26.4 Å². The lowest BCUT2D eigenvalue weighted by Gasteiger charge is -2.19. The van der Waals surface area contributed by atoms with Crippen LogP contribution in [0.5, 0.6) is 0 Å². The summed E-state index contributed by atoms with van der Waals surface area (Å²) in [6.07, 6.45) is 43.4. The van der Waals surface area contributed by atoms with E-state index in [4.69, 9.17) is 24.3 Å². The van der Waals surface area contributed by atoms with Gasteiger partial charge in [0.05, 0.1) is 13.2 Å². The van der Waals surface area contributed by atoms with Gasteiger partial charge in [-0.2, -0.15) is 0 Å². The number of hydrogen-bond acceptors (Lipinski definition) is 8. The van der Waals surface area contributed by atoms with Crippen molar-refractivity contribution >= 4 is 19.8 Å². The van der Waals surface area contributed by atoms with Crippen molar-refractivity contribution in [1.82, 2.24) is 0 Å². The van der Waals surface area contributed by atoms with Gasteiger partial charge in [0, 0.05) is 19.4 Å². The van der Waals surface area contributed by atoms with Crippen molar-refractivity contribution in [2.24, 2.45) is 5.73 Å². The van der Waals surface area contributed by atoms with E-state index in [1.54, 1.807) is 0 Å². The summed E-state index contributed by atoms with van der Waals surface area (Å²) < 4.78 is 32.8. The number of carbonyl (C=O) groups is 2. The van der Waals surface area contributed by atoms with Crippen LogP contribution in [-0.2, 0) is 32.7 Å². The van der Waals surface area contributed by atoms with Crippen LogP contribution in [0.25, 0.3) is 0 Å². The molecule has 0 saturated heterocycles. The largest absolute Gasteiger partial charge is 0.472 e. The third kappa shape index (κ3) is 40.2. The molecule has 1 unspecified atom stereocenters. The number of carbonyl (C=O) groups excluding carboxylic acids is 2. The Hall–Kier alpha value is -1.51. The third-order valence-corrected chi connectivity index (χ3v) is 10.6. The van der Waals surface area contributed by atoms with Crippen molar-refractivity contribution in [2.45, 2.75) is 219 Å². The zero-order valence-electron chi connectivity index (χ0n) is 35.0. The summed E-state index contributed by atoms with van der Waals surface area (Å²) in [6, 6.07) is 0. The van der Waals surface area contributed by atoms with Crippen molar-refractivity contribution in [1.29, 1.82) is 0 Å². The summed E-state index contributed by atoms with van der Waals surface area (Å²) in [5.74, 6) is -0.829. The number of esters is 2. The summed E-state index contributed by atoms with van der Waals surface area (Å²) in [4.78, 5) is 34.9. The van der Waals surface area contributed by atoms with E-state index in [0.29, 0.717) is 6.42 Å². The fourth-order valence-corrected chi connectivity index (χ4v) is 7.02. The zero-order chi connectivity index (χ0) is 39.6. The SMILES string of the molecule is CCCCC/C=C/C/C=C/CCCCCCCCCC(=O)O[C@H](COC(=O)CCCCCCCCCCCCCCCCCC)COP(=O)(O)OCCN. The molecule has 0 fully saturated rings. The lowest BCUT2D eigenvalue weighted by Crippen LogP contribution is -2.29. The first-order valence-corrected chi connectivity index (χ1v) is 23.8. The maximum atomic E-state index is 12.6. The van der Waals surface area contributed by atoms with Crippen LogP contribution in [0.4, 0.5) is 0 Å². The Labute approximate surface area is 332 Å². The monoisotopic (exact) mass is 786 g/mol. The molecule has 3 N–H and O–H groups in total. The number of nitrogens with two attached hydrogens (primary N) is 1. The van der Waals surface area contributed by atoms with Gasteiger partial charge in [0.2, 0.25) is 0 Å². The van der Waals surface area contributed by atoms with Gasteiger partial charge in [-0.1, -0.05) is 179 Å².